The molecule has 0 aliphatic carbocycles. The van der Waals surface area contributed by atoms with Gasteiger partial charge in [0.2, 0.25) is 5.91 Å². The first kappa shape index (κ1) is 15.4. The van der Waals surface area contributed by atoms with Gasteiger partial charge < -0.3 is 11.1 Å². The van der Waals surface area contributed by atoms with Gasteiger partial charge >= 0.3 is 0 Å². The summed E-state index contributed by atoms with van der Waals surface area (Å²) in [7, 11) is 0. The summed E-state index contributed by atoms with van der Waals surface area (Å²) in [6, 6.07) is 15.1. The number of nitrogen functional groups attached to an aromatic ring is 1. The number of anilines is 1. The van der Waals surface area contributed by atoms with Gasteiger partial charge in [0, 0.05) is 17.1 Å². The first-order chi connectivity index (χ1) is 10.1. The quantitative estimate of drug-likeness (QED) is 0.827. The van der Waals surface area contributed by atoms with Crippen LogP contribution in [0, 0.1) is 0 Å². The van der Waals surface area contributed by atoms with Crippen molar-refractivity contribution in [2.24, 2.45) is 0 Å². The zero-order valence-corrected chi connectivity index (χ0v) is 12.7. The fourth-order valence-electron chi connectivity index (χ4n) is 2.16. The van der Waals surface area contributed by atoms with E-state index in [1.807, 2.05) is 55.5 Å². The SMILES string of the molecule is C[C@H](NC(=O)CCc1ccccc1N)c1ccc(Cl)cc1. The Morgan fingerprint density at radius 3 is 2.52 bits per heavy atom. The lowest BCUT2D eigenvalue weighted by atomic mass is 10.1. The molecule has 0 saturated carbocycles. The van der Waals surface area contributed by atoms with Crippen LogP contribution in [-0.4, -0.2) is 5.91 Å². The Morgan fingerprint density at radius 2 is 1.86 bits per heavy atom. The van der Waals surface area contributed by atoms with Crippen molar-refractivity contribution in [1.82, 2.24) is 5.32 Å². The third-order valence-corrected chi connectivity index (χ3v) is 3.68. The minimum atomic E-state index is -0.0390. The number of aryl methyl sites for hydroxylation is 1. The fraction of sp³-hybridized carbons (Fsp3) is 0.235. The number of rotatable bonds is 5. The summed E-state index contributed by atoms with van der Waals surface area (Å²) in [5.74, 6) is 0.0145. The van der Waals surface area contributed by atoms with E-state index >= 15 is 0 Å². The molecule has 0 aliphatic rings. The van der Waals surface area contributed by atoms with E-state index in [1.165, 1.54) is 0 Å². The Balaban J connectivity index is 1.87. The summed E-state index contributed by atoms with van der Waals surface area (Å²) in [5, 5.41) is 3.67. The second kappa shape index (κ2) is 7.14. The number of carbonyl (C=O) groups excluding carboxylic acids is 1. The second-order valence-corrected chi connectivity index (χ2v) is 5.48. The fourth-order valence-corrected chi connectivity index (χ4v) is 2.28. The molecular formula is C17H19ClN2O. The molecule has 0 aromatic heterocycles. The van der Waals surface area contributed by atoms with Crippen LogP contribution in [0.25, 0.3) is 0 Å². The minimum Gasteiger partial charge on any atom is -0.399 e. The summed E-state index contributed by atoms with van der Waals surface area (Å²) in [6.07, 6.45) is 1.07. The van der Waals surface area contributed by atoms with E-state index in [9.17, 15) is 4.79 Å². The van der Waals surface area contributed by atoms with Crippen LogP contribution in [0.1, 0.15) is 30.5 Å². The number of para-hydroxylation sites is 1. The maximum atomic E-state index is 12.0. The predicted molar refractivity (Wildman–Crippen MR) is 87.2 cm³/mol. The molecule has 0 unspecified atom stereocenters. The van der Waals surface area contributed by atoms with Gasteiger partial charge in [0.05, 0.1) is 6.04 Å². The largest absolute Gasteiger partial charge is 0.399 e. The third kappa shape index (κ3) is 4.50. The summed E-state index contributed by atoms with van der Waals surface area (Å²) >= 11 is 5.86. The standard InChI is InChI=1S/C17H19ClN2O/c1-12(13-6-9-15(18)10-7-13)20-17(21)11-8-14-4-2-3-5-16(14)19/h2-7,9-10,12H,8,11,19H2,1H3,(H,20,21)/t12-/m0/s1. The van der Waals surface area contributed by atoms with Gasteiger partial charge in [-0.05, 0) is 42.7 Å². The molecule has 3 nitrogen and oxygen atoms in total. The number of hydrogen-bond acceptors (Lipinski definition) is 2. The van der Waals surface area contributed by atoms with E-state index in [4.69, 9.17) is 17.3 Å². The number of hydrogen-bond donors (Lipinski definition) is 2. The molecule has 0 heterocycles. The molecule has 2 rings (SSSR count). The van der Waals surface area contributed by atoms with Gasteiger partial charge in [0.15, 0.2) is 0 Å². The lowest BCUT2D eigenvalue weighted by Crippen LogP contribution is -2.26. The first-order valence-electron chi connectivity index (χ1n) is 6.94. The van der Waals surface area contributed by atoms with E-state index in [-0.39, 0.29) is 11.9 Å². The molecular weight excluding hydrogens is 284 g/mol. The average molecular weight is 303 g/mol. The molecule has 1 atom stereocenters. The molecule has 0 bridgehead atoms. The highest BCUT2D eigenvalue weighted by molar-refractivity contribution is 6.30. The van der Waals surface area contributed by atoms with Crippen molar-refractivity contribution in [2.45, 2.75) is 25.8 Å². The van der Waals surface area contributed by atoms with Crippen molar-refractivity contribution >= 4 is 23.2 Å². The van der Waals surface area contributed by atoms with Crippen LogP contribution in [0.3, 0.4) is 0 Å². The van der Waals surface area contributed by atoms with Crippen molar-refractivity contribution in [3.05, 3.63) is 64.7 Å². The highest BCUT2D eigenvalue weighted by atomic mass is 35.5. The summed E-state index contributed by atoms with van der Waals surface area (Å²) in [6.45, 7) is 1.96. The van der Waals surface area contributed by atoms with Gasteiger partial charge in [-0.15, -0.1) is 0 Å². The van der Waals surface area contributed by atoms with Crippen LogP contribution in [-0.2, 0) is 11.2 Å². The molecule has 21 heavy (non-hydrogen) atoms. The molecule has 2 aromatic carbocycles. The molecule has 0 fully saturated rings. The smallest absolute Gasteiger partial charge is 0.220 e. The molecule has 0 spiro atoms. The molecule has 0 aliphatic heterocycles. The highest BCUT2D eigenvalue weighted by Gasteiger charge is 2.10. The van der Waals surface area contributed by atoms with Crippen molar-refractivity contribution < 1.29 is 4.79 Å². The number of nitrogens with two attached hydrogens (primary N) is 1. The molecule has 4 heteroatoms. The third-order valence-electron chi connectivity index (χ3n) is 3.42. The number of amides is 1. The van der Waals surface area contributed by atoms with Gasteiger partial charge in [0.1, 0.15) is 0 Å². The topological polar surface area (TPSA) is 55.1 Å². The zero-order valence-electron chi connectivity index (χ0n) is 12.0. The van der Waals surface area contributed by atoms with E-state index < -0.39 is 0 Å². The van der Waals surface area contributed by atoms with Crippen molar-refractivity contribution in [3.63, 3.8) is 0 Å². The van der Waals surface area contributed by atoms with Crippen molar-refractivity contribution in [3.8, 4) is 0 Å². The molecule has 3 N–H and O–H groups in total. The number of nitrogens with one attached hydrogen (secondary N) is 1. The van der Waals surface area contributed by atoms with E-state index in [1.54, 1.807) is 0 Å². The first-order valence-corrected chi connectivity index (χ1v) is 7.32. The summed E-state index contributed by atoms with van der Waals surface area (Å²) < 4.78 is 0. The van der Waals surface area contributed by atoms with Gasteiger partial charge in [-0.2, -0.15) is 0 Å². The molecule has 0 saturated heterocycles. The normalized spacial score (nSPS) is 11.9. The van der Waals surface area contributed by atoms with Gasteiger partial charge in [0.25, 0.3) is 0 Å². The maximum absolute atomic E-state index is 12.0. The molecule has 0 radical (unpaired) electrons. The Bertz CT molecular complexity index is 610. The van der Waals surface area contributed by atoms with Crippen LogP contribution in [0.5, 0.6) is 0 Å². The Morgan fingerprint density at radius 1 is 1.19 bits per heavy atom. The number of halogens is 1. The van der Waals surface area contributed by atoms with Gasteiger partial charge in [-0.1, -0.05) is 41.9 Å². The molecule has 1 amide bonds. The average Bonchev–Trinajstić information content (AvgIpc) is 2.47. The monoisotopic (exact) mass is 302 g/mol. The van der Waals surface area contributed by atoms with Gasteiger partial charge in [-0.25, -0.2) is 0 Å². The molecule has 2 aromatic rings. The van der Waals surface area contributed by atoms with E-state index in [0.29, 0.717) is 17.9 Å². The number of benzene rings is 2. The lowest BCUT2D eigenvalue weighted by Gasteiger charge is -2.14. The van der Waals surface area contributed by atoms with Crippen molar-refractivity contribution in [2.75, 3.05) is 5.73 Å². The van der Waals surface area contributed by atoms with Crippen molar-refractivity contribution in [1.29, 1.82) is 0 Å². The zero-order chi connectivity index (χ0) is 15.2. The Hall–Kier alpha value is -2.00. The maximum Gasteiger partial charge on any atom is 0.220 e. The van der Waals surface area contributed by atoms with Gasteiger partial charge in [-0.3, -0.25) is 4.79 Å². The van der Waals surface area contributed by atoms with Crippen LogP contribution >= 0.6 is 11.6 Å². The lowest BCUT2D eigenvalue weighted by molar-refractivity contribution is -0.121. The predicted octanol–water partition coefficient (Wildman–Crippen LogP) is 3.73. The number of carbonyl (C=O) groups is 1. The molecule has 110 valence electrons. The summed E-state index contributed by atoms with van der Waals surface area (Å²) in [5.41, 5.74) is 8.64. The second-order valence-electron chi connectivity index (χ2n) is 5.04. The summed E-state index contributed by atoms with van der Waals surface area (Å²) in [4.78, 5) is 12.0. The minimum absolute atomic E-state index is 0.0145. The highest BCUT2D eigenvalue weighted by Crippen LogP contribution is 2.17. The van der Waals surface area contributed by atoms with Crippen LogP contribution in [0.2, 0.25) is 5.02 Å². The van der Waals surface area contributed by atoms with E-state index in [2.05, 4.69) is 5.32 Å². The van der Waals surface area contributed by atoms with Crippen LogP contribution in [0.4, 0.5) is 5.69 Å². The van der Waals surface area contributed by atoms with E-state index in [0.717, 1.165) is 16.8 Å². The Labute approximate surface area is 130 Å². The Kier molecular flexibility index (Phi) is 5.23. The van der Waals surface area contributed by atoms with Crippen LogP contribution < -0.4 is 11.1 Å². The van der Waals surface area contributed by atoms with Crippen LogP contribution in [0.15, 0.2) is 48.5 Å².